The Kier molecular flexibility index (Phi) is 1.99. The third kappa shape index (κ3) is 1.25. The van der Waals surface area contributed by atoms with Crippen molar-refractivity contribution in [1.29, 1.82) is 0 Å². The van der Waals surface area contributed by atoms with Gasteiger partial charge < -0.3 is 15.4 Å². The second kappa shape index (κ2) is 3.21. The van der Waals surface area contributed by atoms with Gasteiger partial charge in [0, 0.05) is 25.2 Å². The van der Waals surface area contributed by atoms with Crippen molar-refractivity contribution in [2.75, 3.05) is 13.2 Å². The fourth-order valence-corrected chi connectivity index (χ4v) is 2.74. The molecule has 1 saturated carbocycles. The molecule has 0 aromatic rings. The highest BCUT2D eigenvalue weighted by Crippen LogP contribution is 2.34. The third-order valence-corrected chi connectivity index (χ3v) is 3.67. The first kappa shape index (κ1) is 8.68. The number of carbonyl (C=O) groups is 1. The van der Waals surface area contributed by atoms with Gasteiger partial charge >= 0.3 is 0 Å². The molecule has 3 saturated heterocycles. The zero-order chi connectivity index (χ0) is 9.54. The number of amides is 1. The van der Waals surface area contributed by atoms with Gasteiger partial charge in [0.25, 0.3) is 0 Å². The van der Waals surface area contributed by atoms with Gasteiger partial charge in [-0.2, -0.15) is 0 Å². The van der Waals surface area contributed by atoms with Gasteiger partial charge in [-0.15, -0.1) is 0 Å². The fraction of sp³-hybridized carbons (Fsp3) is 0.900. The van der Waals surface area contributed by atoms with E-state index >= 15 is 0 Å². The number of hydrogen-bond acceptors (Lipinski definition) is 3. The van der Waals surface area contributed by atoms with Crippen molar-refractivity contribution in [3.05, 3.63) is 0 Å². The highest BCUT2D eigenvalue weighted by Gasteiger charge is 2.47. The van der Waals surface area contributed by atoms with Crippen molar-refractivity contribution >= 4 is 5.91 Å². The molecular weight excluding hydrogens is 180 g/mol. The van der Waals surface area contributed by atoms with Crippen LogP contribution in [-0.4, -0.2) is 37.2 Å². The second-order valence-electron chi connectivity index (χ2n) is 4.55. The topological polar surface area (TPSA) is 50.4 Å². The molecule has 4 heteroatoms. The Morgan fingerprint density at radius 3 is 3.00 bits per heavy atom. The van der Waals surface area contributed by atoms with Gasteiger partial charge in [-0.3, -0.25) is 4.79 Å². The number of fused-ring (bicyclic) bond motifs is 1. The molecule has 4 atom stereocenters. The van der Waals surface area contributed by atoms with Crippen LogP contribution in [0.3, 0.4) is 0 Å². The van der Waals surface area contributed by atoms with E-state index in [2.05, 4.69) is 10.6 Å². The largest absolute Gasteiger partial charge is 0.368 e. The third-order valence-electron chi connectivity index (χ3n) is 3.67. The molecule has 0 aromatic carbocycles. The lowest BCUT2D eigenvalue weighted by molar-refractivity contribution is -0.131. The molecule has 14 heavy (non-hydrogen) atoms. The van der Waals surface area contributed by atoms with Gasteiger partial charge in [0.2, 0.25) is 5.91 Å². The molecule has 2 bridgehead atoms. The lowest BCUT2D eigenvalue weighted by Gasteiger charge is -2.35. The smallest absolute Gasteiger partial charge is 0.249 e. The summed E-state index contributed by atoms with van der Waals surface area (Å²) < 4.78 is 5.34. The minimum absolute atomic E-state index is 0.103. The summed E-state index contributed by atoms with van der Waals surface area (Å²) in [6, 6.07) is 0.914. The maximum atomic E-state index is 11.7. The van der Waals surface area contributed by atoms with Gasteiger partial charge in [0.05, 0.1) is 0 Å². The van der Waals surface area contributed by atoms with Crippen molar-refractivity contribution < 1.29 is 9.53 Å². The molecule has 3 unspecified atom stereocenters. The summed E-state index contributed by atoms with van der Waals surface area (Å²) in [5.41, 5.74) is 0. The van der Waals surface area contributed by atoms with E-state index in [-0.39, 0.29) is 12.0 Å². The second-order valence-corrected chi connectivity index (χ2v) is 4.55. The Morgan fingerprint density at radius 1 is 1.50 bits per heavy atom. The molecule has 4 aliphatic rings. The molecule has 4 nitrogen and oxygen atoms in total. The van der Waals surface area contributed by atoms with Crippen molar-refractivity contribution in [2.45, 2.75) is 37.5 Å². The Hall–Kier alpha value is -0.610. The number of hydrogen-bond donors (Lipinski definition) is 2. The number of ether oxygens (including phenoxy) is 1. The van der Waals surface area contributed by atoms with E-state index in [1.807, 2.05) is 0 Å². The van der Waals surface area contributed by atoms with E-state index in [0.29, 0.717) is 18.0 Å². The van der Waals surface area contributed by atoms with Crippen LogP contribution in [-0.2, 0) is 9.53 Å². The minimum Gasteiger partial charge on any atom is -0.368 e. The lowest BCUT2D eigenvalue weighted by Crippen LogP contribution is -2.56. The summed E-state index contributed by atoms with van der Waals surface area (Å²) in [4.78, 5) is 11.7. The molecule has 4 fully saturated rings. The molecule has 3 heterocycles. The van der Waals surface area contributed by atoms with Crippen LogP contribution in [0.15, 0.2) is 0 Å². The number of carbonyl (C=O) groups excluding carboxylic acids is 1. The molecular formula is C10H16N2O2. The molecule has 0 spiro atoms. The predicted molar refractivity (Wildman–Crippen MR) is 50.8 cm³/mol. The molecule has 0 radical (unpaired) electrons. The van der Waals surface area contributed by atoms with Gasteiger partial charge in [0.15, 0.2) is 0 Å². The van der Waals surface area contributed by atoms with Crippen LogP contribution >= 0.6 is 0 Å². The van der Waals surface area contributed by atoms with Gasteiger partial charge in [0.1, 0.15) is 6.10 Å². The molecule has 1 amide bonds. The van der Waals surface area contributed by atoms with Crippen LogP contribution in [0, 0.1) is 5.92 Å². The Morgan fingerprint density at radius 2 is 2.43 bits per heavy atom. The van der Waals surface area contributed by atoms with Crippen LogP contribution in [0.4, 0.5) is 0 Å². The first-order valence-corrected chi connectivity index (χ1v) is 5.50. The van der Waals surface area contributed by atoms with Crippen LogP contribution in [0.1, 0.15) is 19.3 Å². The maximum Gasteiger partial charge on any atom is 0.249 e. The maximum absolute atomic E-state index is 11.7. The standard InChI is InChI=1S/C10H16N2O2/c13-10(8-2-1-3-14-8)12-9-6-4-7(9)11-5-6/h6-9,11H,1-5H2,(H,12,13)/t6?,7?,8-,9?/m1/s1. The average Bonchev–Trinajstić information content (AvgIpc) is 2.85. The Balaban J connectivity index is 1.54. The summed E-state index contributed by atoms with van der Waals surface area (Å²) in [7, 11) is 0. The van der Waals surface area contributed by atoms with Crippen LogP contribution in [0.5, 0.6) is 0 Å². The zero-order valence-electron chi connectivity index (χ0n) is 8.16. The van der Waals surface area contributed by atoms with E-state index in [0.717, 1.165) is 26.0 Å². The molecule has 0 aromatic heterocycles. The van der Waals surface area contributed by atoms with Crippen molar-refractivity contribution in [3.8, 4) is 0 Å². The first-order valence-electron chi connectivity index (χ1n) is 5.50. The van der Waals surface area contributed by atoms with Gasteiger partial charge in [-0.05, 0) is 25.2 Å². The average molecular weight is 196 g/mol. The summed E-state index contributed by atoms with van der Waals surface area (Å²) in [5.74, 6) is 0.774. The van der Waals surface area contributed by atoms with Gasteiger partial charge in [-0.25, -0.2) is 0 Å². The lowest BCUT2D eigenvalue weighted by atomic mass is 9.80. The van der Waals surface area contributed by atoms with Gasteiger partial charge in [-0.1, -0.05) is 0 Å². The summed E-state index contributed by atoms with van der Waals surface area (Å²) in [6.07, 6.45) is 2.97. The van der Waals surface area contributed by atoms with E-state index < -0.39 is 0 Å². The fourth-order valence-electron chi connectivity index (χ4n) is 2.74. The van der Waals surface area contributed by atoms with E-state index in [4.69, 9.17) is 4.74 Å². The number of nitrogens with one attached hydrogen (secondary N) is 2. The van der Waals surface area contributed by atoms with E-state index in [1.165, 1.54) is 6.42 Å². The Labute approximate surface area is 83.4 Å². The highest BCUT2D eigenvalue weighted by atomic mass is 16.5. The van der Waals surface area contributed by atoms with Crippen LogP contribution < -0.4 is 10.6 Å². The SMILES string of the molecule is O=C(NC1C2CNC1C2)[C@H]1CCCO1. The number of rotatable bonds is 2. The normalized spacial score (nSPS) is 44.9. The van der Waals surface area contributed by atoms with Crippen molar-refractivity contribution in [3.63, 3.8) is 0 Å². The van der Waals surface area contributed by atoms with Crippen molar-refractivity contribution in [2.24, 2.45) is 5.92 Å². The van der Waals surface area contributed by atoms with Crippen molar-refractivity contribution in [1.82, 2.24) is 10.6 Å². The predicted octanol–water partition coefficient (Wildman–Crippen LogP) is -0.358. The quantitative estimate of drug-likeness (QED) is 0.634. The molecule has 4 rings (SSSR count). The summed E-state index contributed by atoms with van der Waals surface area (Å²) in [5, 5.41) is 6.48. The van der Waals surface area contributed by atoms with E-state index in [1.54, 1.807) is 0 Å². The van der Waals surface area contributed by atoms with Crippen LogP contribution in [0.25, 0.3) is 0 Å². The molecule has 78 valence electrons. The monoisotopic (exact) mass is 196 g/mol. The molecule has 2 N–H and O–H groups in total. The highest BCUT2D eigenvalue weighted by molar-refractivity contribution is 5.81. The summed E-state index contributed by atoms with van der Waals surface area (Å²) >= 11 is 0. The zero-order valence-corrected chi connectivity index (χ0v) is 8.16. The minimum atomic E-state index is -0.171. The Bertz CT molecular complexity index is 237. The molecule has 3 aliphatic heterocycles. The van der Waals surface area contributed by atoms with E-state index in [9.17, 15) is 4.79 Å². The molecule has 1 aliphatic carbocycles. The summed E-state index contributed by atoms with van der Waals surface area (Å²) in [6.45, 7) is 1.81. The first-order chi connectivity index (χ1) is 6.84. The van der Waals surface area contributed by atoms with Crippen LogP contribution in [0.2, 0.25) is 0 Å².